The highest BCUT2D eigenvalue weighted by atomic mass is 32.2. The molecule has 1 amide bonds. The molecule has 9 heteroatoms. The lowest BCUT2D eigenvalue weighted by atomic mass is 9.91. The molecule has 0 unspecified atom stereocenters. The van der Waals surface area contributed by atoms with Crippen molar-refractivity contribution < 1.29 is 22.3 Å². The molecular formula is C21H30FN3O4S. The van der Waals surface area contributed by atoms with E-state index in [0.29, 0.717) is 31.3 Å². The number of amides is 1. The molecule has 1 aromatic carbocycles. The van der Waals surface area contributed by atoms with Gasteiger partial charge in [-0.25, -0.2) is 12.8 Å². The number of hydrogen-bond donors (Lipinski definition) is 0. The zero-order valence-electron chi connectivity index (χ0n) is 17.4. The first-order chi connectivity index (χ1) is 14.3. The molecule has 3 fully saturated rings. The zero-order valence-corrected chi connectivity index (χ0v) is 18.2. The fraction of sp³-hybridized carbons (Fsp3) is 0.667. The highest BCUT2D eigenvalue weighted by Gasteiger charge is 2.44. The summed E-state index contributed by atoms with van der Waals surface area (Å²) in [6, 6.07) is 5.52. The van der Waals surface area contributed by atoms with Gasteiger partial charge in [0.25, 0.3) is 0 Å². The molecule has 4 rings (SSSR count). The van der Waals surface area contributed by atoms with E-state index in [2.05, 4.69) is 4.90 Å². The maximum Gasteiger partial charge on any atom is 0.241 e. The molecule has 3 aliphatic rings. The van der Waals surface area contributed by atoms with Crippen LogP contribution in [-0.2, 0) is 14.8 Å². The second kappa shape index (κ2) is 8.80. The number of halogens is 1. The van der Waals surface area contributed by atoms with Gasteiger partial charge >= 0.3 is 0 Å². The number of ether oxygens (including phenoxy) is 1. The third-order valence-electron chi connectivity index (χ3n) is 6.48. The van der Waals surface area contributed by atoms with E-state index in [-0.39, 0.29) is 18.3 Å². The van der Waals surface area contributed by atoms with Gasteiger partial charge in [0.1, 0.15) is 23.7 Å². The van der Waals surface area contributed by atoms with Crippen molar-refractivity contribution in [1.29, 1.82) is 0 Å². The van der Waals surface area contributed by atoms with Crippen molar-refractivity contribution in [2.24, 2.45) is 0 Å². The second-order valence-electron chi connectivity index (χ2n) is 8.58. The summed E-state index contributed by atoms with van der Waals surface area (Å²) in [5, 5.41) is 0. The van der Waals surface area contributed by atoms with Crippen LogP contribution in [0.2, 0.25) is 0 Å². The Morgan fingerprint density at radius 2 is 1.80 bits per heavy atom. The quantitative estimate of drug-likeness (QED) is 0.699. The molecule has 2 atom stereocenters. The molecule has 0 spiro atoms. The maximum atomic E-state index is 13.3. The standard InChI is InChI=1S/C21H30FN3O4S/c1-30(27,28)25-15-19(29-18-8-6-16(22)7-9-18)14-20(25)21(26)24-11-3-10-23(12-13-24)17-4-2-5-17/h6-9,17,19-20H,2-5,10-15H2,1H3/t19-,20+/m0/s1. The largest absolute Gasteiger partial charge is 0.489 e. The molecule has 2 saturated heterocycles. The fourth-order valence-electron chi connectivity index (χ4n) is 4.64. The molecule has 1 aliphatic carbocycles. The Bertz CT molecular complexity index is 860. The van der Waals surface area contributed by atoms with Crippen molar-refractivity contribution >= 4 is 15.9 Å². The van der Waals surface area contributed by atoms with Crippen LogP contribution in [0.3, 0.4) is 0 Å². The first kappa shape index (κ1) is 21.5. The van der Waals surface area contributed by atoms with E-state index in [0.717, 1.165) is 25.8 Å². The summed E-state index contributed by atoms with van der Waals surface area (Å²) in [4.78, 5) is 17.6. The van der Waals surface area contributed by atoms with Gasteiger partial charge in [-0.05, 0) is 43.5 Å². The average Bonchev–Trinajstić information content (AvgIpc) is 2.94. The monoisotopic (exact) mass is 439 g/mol. The van der Waals surface area contributed by atoms with Gasteiger partial charge in [-0.3, -0.25) is 9.69 Å². The zero-order chi connectivity index (χ0) is 21.3. The number of benzene rings is 1. The number of carbonyl (C=O) groups is 1. The number of carbonyl (C=O) groups excluding carboxylic acids is 1. The normalized spacial score (nSPS) is 26.9. The third kappa shape index (κ3) is 4.78. The maximum absolute atomic E-state index is 13.3. The predicted octanol–water partition coefficient (Wildman–Crippen LogP) is 1.69. The smallest absolute Gasteiger partial charge is 0.241 e. The van der Waals surface area contributed by atoms with E-state index < -0.39 is 22.2 Å². The number of nitrogens with zero attached hydrogens (tertiary/aromatic N) is 3. The fourth-order valence-corrected chi connectivity index (χ4v) is 5.71. The van der Waals surface area contributed by atoms with Crippen LogP contribution in [0.4, 0.5) is 4.39 Å². The van der Waals surface area contributed by atoms with Crippen LogP contribution < -0.4 is 4.74 Å². The van der Waals surface area contributed by atoms with E-state index in [4.69, 9.17) is 4.74 Å². The summed E-state index contributed by atoms with van der Waals surface area (Å²) in [5.41, 5.74) is 0. The molecule has 0 aromatic heterocycles. The summed E-state index contributed by atoms with van der Waals surface area (Å²) < 4.78 is 45.0. The van der Waals surface area contributed by atoms with Gasteiger partial charge in [0.05, 0.1) is 12.8 Å². The van der Waals surface area contributed by atoms with Crippen LogP contribution in [0.15, 0.2) is 24.3 Å². The molecular weight excluding hydrogens is 409 g/mol. The summed E-state index contributed by atoms with van der Waals surface area (Å²) >= 11 is 0. The van der Waals surface area contributed by atoms with Gasteiger partial charge in [-0.2, -0.15) is 4.31 Å². The lowest BCUT2D eigenvalue weighted by Gasteiger charge is -2.36. The van der Waals surface area contributed by atoms with E-state index in [1.807, 2.05) is 4.90 Å². The van der Waals surface area contributed by atoms with Crippen LogP contribution in [0.5, 0.6) is 5.75 Å². The topological polar surface area (TPSA) is 70.2 Å². The average molecular weight is 440 g/mol. The molecule has 0 radical (unpaired) electrons. The first-order valence-corrected chi connectivity index (χ1v) is 12.6. The number of sulfonamides is 1. The SMILES string of the molecule is CS(=O)(=O)N1C[C@@H](Oc2ccc(F)cc2)C[C@@H]1C(=O)N1CCCN(C2CCC2)CC1. The van der Waals surface area contributed by atoms with Crippen molar-refractivity contribution in [3.63, 3.8) is 0 Å². The Kier molecular flexibility index (Phi) is 6.31. The summed E-state index contributed by atoms with van der Waals surface area (Å²) in [7, 11) is -3.56. The van der Waals surface area contributed by atoms with Crippen LogP contribution in [-0.4, -0.2) is 85.6 Å². The Hall–Kier alpha value is -1.71. The van der Waals surface area contributed by atoms with Crippen LogP contribution in [0, 0.1) is 5.82 Å². The third-order valence-corrected chi connectivity index (χ3v) is 7.73. The van der Waals surface area contributed by atoms with Crippen molar-refractivity contribution in [2.45, 2.75) is 50.3 Å². The molecule has 7 nitrogen and oxygen atoms in total. The van der Waals surface area contributed by atoms with Crippen molar-refractivity contribution in [2.75, 3.05) is 39.0 Å². The number of hydrogen-bond acceptors (Lipinski definition) is 5. The molecule has 2 aliphatic heterocycles. The number of rotatable bonds is 5. The molecule has 30 heavy (non-hydrogen) atoms. The summed E-state index contributed by atoms with van der Waals surface area (Å²) in [6.45, 7) is 3.24. The molecule has 1 aromatic rings. The molecule has 0 bridgehead atoms. The minimum atomic E-state index is -3.56. The van der Waals surface area contributed by atoms with Crippen LogP contribution in [0.1, 0.15) is 32.1 Å². The molecule has 2 heterocycles. The molecule has 166 valence electrons. The predicted molar refractivity (Wildman–Crippen MR) is 111 cm³/mol. The molecule has 0 N–H and O–H groups in total. The van der Waals surface area contributed by atoms with E-state index in [1.165, 1.54) is 47.8 Å². The molecule has 1 saturated carbocycles. The van der Waals surface area contributed by atoms with Gasteiger partial charge in [0.15, 0.2) is 0 Å². The highest BCUT2D eigenvalue weighted by Crippen LogP contribution is 2.28. The van der Waals surface area contributed by atoms with Gasteiger partial charge in [0.2, 0.25) is 15.9 Å². The van der Waals surface area contributed by atoms with Crippen LogP contribution >= 0.6 is 0 Å². The van der Waals surface area contributed by atoms with Gasteiger partial charge in [0, 0.05) is 38.6 Å². The van der Waals surface area contributed by atoms with Gasteiger partial charge in [-0.1, -0.05) is 6.42 Å². The minimum Gasteiger partial charge on any atom is -0.489 e. The van der Waals surface area contributed by atoms with Crippen LogP contribution in [0.25, 0.3) is 0 Å². The van der Waals surface area contributed by atoms with Crippen molar-refractivity contribution in [3.8, 4) is 5.75 Å². The Balaban J connectivity index is 1.43. The van der Waals surface area contributed by atoms with Gasteiger partial charge < -0.3 is 9.64 Å². The minimum absolute atomic E-state index is 0.120. The highest BCUT2D eigenvalue weighted by molar-refractivity contribution is 7.88. The Morgan fingerprint density at radius 3 is 2.43 bits per heavy atom. The van der Waals surface area contributed by atoms with Crippen molar-refractivity contribution in [3.05, 3.63) is 30.1 Å². The summed E-state index contributed by atoms with van der Waals surface area (Å²) in [5.74, 6) is -0.0355. The Labute approximate surface area is 177 Å². The lowest BCUT2D eigenvalue weighted by Crippen LogP contribution is -2.49. The first-order valence-electron chi connectivity index (χ1n) is 10.7. The Morgan fingerprint density at radius 1 is 1.07 bits per heavy atom. The second-order valence-corrected chi connectivity index (χ2v) is 10.5. The van der Waals surface area contributed by atoms with E-state index in [1.54, 1.807) is 0 Å². The summed E-state index contributed by atoms with van der Waals surface area (Å²) in [6.07, 6.45) is 5.65. The van der Waals surface area contributed by atoms with E-state index >= 15 is 0 Å². The van der Waals surface area contributed by atoms with Gasteiger partial charge in [-0.15, -0.1) is 0 Å². The van der Waals surface area contributed by atoms with E-state index in [9.17, 15) is 17.6 Å². The lowest BCUT2D eigenvalue weighted by molar-refractivity contribution is -0.134. The van der Waals surface area contributed by atoms with Crippen molar-refractivity contribution in [1.82, 2.24) is 14.1 Å².